The lowest BCUT2D eigenvalue weighted by atomic mass is 10.1. The number of carbonyl (C=O) groups excluding carboxylic acids is 1. The lowest BCUT2D eigenvalue weighted by Gasteiger charge is -2.25. The van der Waals surface area contributed by atoms with Gasteiger partial charge in [0.1, 0.15) is 5.69 Å². The smallest absolute Gasteiger partial charge is 0.278 e. The van der Waals surface area contributed by atoms with Crippen LogP contribution >= 0.6 is 11.5 Å². The molecule has 5 nitrogen and oxygen atoms in total. The molecule has 0 saturated carbocycles. The Hall–Kier alpha value is -1.69. The Balaban J connectivity index is 1.96. The predicted octanol–water partition coefficient (Wildman–Crippen LogP) is 1.46. The van der Waals surface area contributed by atoms with E-state index in [2.05, 4.69) is 14.6 Å². The molecule has 2 aromatic rings. The summed E-state index contributed by atoms with van der Waals surface area (Å²) in [4.78, 5) is 13.9. The van der Waals surface area contributed by atoms with Crippen LogP contribution in [0.3, 0.4) is 0 Å². The number of anilines is 1. The summed E-state index contributed by atoms with van der Waals surface area (Å²) in [6.07, 6.45) is 3.63. The normalized spacial score (nSPS) is 14.9. The van der Waals surface area contributed by atoms with Gasteiger partial charge in [0.05, 0.1) is 17.6 Å². The highest BCUT2D eigenvalue weighted by Gasteiger charge is 2.25. The first-order valence-corrected chi connectivity index (χ1v) is 5.94. The van der Waals surface area contributed by atoms with Crippen molar-refractivity contribution in [2.24, 2.45) is 0 Å². The summed E-state index contributed by atoms with van der Waals surface area (Å²) in [5.41, 5.74) is 2.44. The first-order chi connectivity index (χ1) is 7.86. The van der Waals surface area contributed by atoms with Crippen LogP contribution in [0.5, 0.6) is 0 Å². The Morgan fingerprint density at radius 1 is 1.56 bits per heavy atom. The Morgan fingerprint density at radius 2 is 2.50 bits per heavy atom. The van der Waals surface area contributed by atoms with E-state index in [1.807, 2.05) is 5.38 Å². The van der Waals surface area contributed by atoms with Gasteiger partial charge in [0.15, 0.2) is 0 Å². The number of rotatable bonds is 1. The fraction of sp³-hybridized carbons (Fsp3) is 0.300. The van der Waals surface area contributed by atoms with Crippen LogP contribution in [0.15, 0.2) is 17.6 Å². The minimum absolute atomic E-state index is 0.0383. The number of nitrogens with one attached hydrogen (secondary N) is 1. The molecule has 1 aliphatic heterocycles. The van der Waals surface area contributed by atoms with Crippen molar-refractivity contribution >= 4 is 23.1 Å². The van der Waals surface area contributed by atoms with Gasteiger partial charge in [-0.1, -0.05) is 0 Å². The van der Waals surface area contributed by atoms with E-state index in [0.717, 1.165) is 30.8 Å². The van der Waals surface area contributed by atoms with Crippen molar-refractivity contribution in [3.05, 3.63) is 29.0 Å². The molecule has 16 heavy (non-hydrogen) atoms. The third-order valence-electron chi connectivity index (χ3n) is 2.70. The lowest BCUT2D eigenvalue weighted by molar-refractivity contribution is 0.0981. The summed E-state index contributed by atoms with van der Waals surface area (Å²) in [6.45, 7) is 0.739. The van der Waals surface area contributed by atoms with E-state index < -0.39 is 0 Å². The number of aromatic amines is 1. The van der Waals surface area contributed by atoms with Crippen molar-refractivity contribution in [1.29, 1.82) is 0 Å². The highest BCUT2D eigenvalue weighted by Crippen LogP contribution is 2.25. The highest BCUT2D eigenvalue weighted by molar-refractivity contribution is 7.03. The maximum absolute atomic E-state index is 12.1. The SMILES string of the molecule is O=C(c1ccsn1)N1CCCc2[nH]ncc21. The molecular weight excluding hydrogens is 224 g/mol. The molecule has 3 rings (SSSR count). The van der Waals surface area contributed by atoms with Crippen molar-refractivity contribution in [3.63, 3.8) is 0 Å². The molecule has 6 heteroatoms. The van der Waals surface area contributed by atoms with Crippen molar-refractivity contribution in [2.75, 3.05) is 11.4 Å². The molecule has 0 aliphatic carbocycles. The highest BCUT2D eigenvalue weighted by atomic mass is 32.1. The third kappa shape index (κ3) is 1.42. The molecule has 0 spiro atoms. The van der Waals surface area contributed by atoms with Crippen molar-refractivity contribution < 1.29 is 4.79 Å². The summed E-state index contributed by atoms with van der Waals surface area (Å²) < 4.78 is 4.07. The van der Waals surface area contributed by atoms with Gasteiger partial charge in [0, 0.05) is 11.9 Å². The molecule has 0 radical (unpaired) electrons. The summed E-state index contributed by atoms with van der Waals surface area (Å²) in [7, 11) is 0. The van der Waals surface area contributed by atoms with Gasteiger partial charge in [-0.15, -0.1) is 0 Å². The largest absolute Gasteiger partial charge is 0.304 e. The number of hydrogen-bond donors (Lipinski definition) is 1. The van der Waals surface area contributed by atoms with Crippen LogP contribution in [0, 0.1) is 0 Å². The Bertz CT molecular complexity index is 505. The minimum Gasteiger partial charge on any atom is -0.304 e. The van der Waals surface area contributed by atoms with Crippen LogP contribution in [0.25, 0.3) is 0 Å². The first-order valence-electron chi connectivity index (χ1n) is 5.11. The monoisotopic (exact) mass is 234 g/mol. The van der Waals surface area contributed by atoms with E-state index in [4.69, 9.17) is 0 Å². The summed E-state index contributed by atoms with van der Waals surface area (Å²) in [5, 5.41) is 8.72. The number of amides is 1. The van der Waals surface area contributed by atoms with Crippen LogP contribution in [0.4, 0.5) is 5.69 Å². The molecule has 3 heterocycles. The van der Waals surface area contributed by atoms with Crippen LogP contribution in [0.1, 0.15) is 22.6 Å². The number of hydrogen-bond acceptors (Lipinski definition) is 4. The molecule has 0 unspecified atom stereocenters. The fourth-order valence-electron chi connectivity index (χ4n) is 1.93. The van der Waals surface area contributed by atoms with Gasteiger partial charge in [-0.2, -0.15) is 9.47 Å². The van der Waals surface area contributed by atoms with Crippen LogP contribution in [0.2, 0.25) is 0 Å². The average Bonchev–Trinajstić information content (AvgIpc) is 2.98. The first kappa shape index (κ1) is 9.53. The molecule has 1 aliphatic rings. The number of H-pyrrole nitrogens is 1. The number of aryl methyl sites for hydroxylation is 1. The lowest BCUT2D eigenvalue weighted by Crippen LogP contribution is -2.35. The molecule has 0 saturated heterocycles. The molecular formula is C10H10N4OS. The molecule has 0 atom stereocenters. The predicted molar refractivity (Wildman–Crippen MR) is 60.7 cm³/mol. The second-order valence-electron chi connectivity index (χ2n) is 3.68. The molecule has 1 N–H and O–H groups in total. The average molecular weight is 234 g/mol. The van der Waals surface area contributed by atoms with E-state index >= 15 is 0 Å². The van der Waals surface area contributed by atoms with Gasteiger partial charge in [-0.3, -0.25) is 9.89 Å². The Kier molecular flexibility index (Phi) is 2.21. The maximum atomic E-state index is 12.1. The second kappa shape index (κ2) is 3.71. The van der Waals surface area contributed by atoms with Gasteiger partial charge in [-0.05, 0) is 30.4 Å². The van der Waals surface area contributed by atoms with Crippen LogP contribution in [-0.4, -0.2) is 27.0 Å². The fourth-order valence-corrected chi connectivity index (χ4v) is 2.43. The van der Waals surface area contributed by atoms with E-state index in [0.29, 0.717) is 5.69 Å². The number of nitrogens with zero attached hydrogens (tertiary/aromatic N) is 3. The van der Waals surface area contributed by atoms with Crippen molar-refractivity contribution in [1.82, 2.24) is 14.6 Å². The topological polar surface area (TPSA) is 61.9 Å². The van der Waals surface area contributed by atoms with Crippen molar-refractivity contribution in [2.45, 2.75) is 12.8 Å². The van der Waals surface area contributed by atoms with E-state index in [1.54, 1.807) is 17.2 Å². The summed E-state index contributed by atoms with van der Waals surface area (Å²) >= 11 is 1.29. The quantitative estimate of drug-likeness (QED) is 0.812. The number of carbonyl (C=O) groups is 1. The van der Waals surface area contributed by atoms with E-state index in [1.165, 1.54) is 11.5 Å². The molecule has 82 valence electrons. The Morgan fingerprint density at radius 3 is 3.31 bits per heavy atom. The van der Waals surface area contributed by atoms with Gasteiger partial charge in [0.2, 0.25) is 0 Å². The molecule has 0 aromatic carbocycles. The zero-order valence-electron chi connectivity index (χ0n) is 8.51. The minimum atomic E-state index is -0.0383. The van der Waals surface area contributed by atoms with Gasteiger partial charge in [0.25, 0.3) is 5.91 Å². The molecule has 0 fully saturated rings. The van der Waals surface area contributed by atoms with Gasteiger partial charge >= 0.3 is 0 Å². The van der Waals surface area contributed by atoms with Gasteiger partial charge in [-0.25, -0.2) is 0 Å². The van der Waals surface area contributed by atoms with E-state index in [-0.39, 0.29) is 5.91 Å². The molecule has 0 bridgehead atoms. The zero-order valence-corrected chi connectivity index (χ0v) is 9.33. The molecule has 2 aromatic heterocycles. The third-order valence-corrected chi connectivity index (χ3v) is 3.26. The zero-order chi connectivity index (χ0) is 11.0. The van der Waals surface area contributed by atoms with E-state index in [9.17, 15) is 4.79 Å². The van der Waals surface area contributed by atoms with Crippen LogP contribution in [-0.2, 0) is 6.42 Å². The number of fused-ring (bicyclic) bond motifs is 1. The van der Waals surface area contributed by atoms with Gasteiger partial charge < -0.3 is 4.90 Å². The Labute approximate surface area is 96.3 Å². The summed E-state index contributed by atoms with van der Waals surface area (Å²) in [5.74, 6) is -0.0383. The van der Waals surface area contributed by atoms with Crippen LogP contribution < -0.4 is 4.90 Å². The van der Waals surface area contributed by atoms with Crippen molar-refractivity contribution in [3.8, 4) is 0 Å². The number of aromatic nitrogens is 3. The molecule has 1 amide bonds. The summed E-state index contributed by atoms with van der Waals surface area (Å²) in [6, 6.07) is 1.75. The maximum Gasteiger partial charge on any atom is 0.278 e. The second-order valence-corrected chi connectivity index (χ2v) is 4.34. The standard InChI is InChI=1S/C10H10N4OS/c15-10(8-3-5-16-13-8)14-4-1-2-7-9(14)6-11-12-7/h3,5-6H,1-2,4H2,(H,11,12).